The Hall–Kier alpha value is -3.18. The molecule has 9 nitrogen and oxygen atoms in total. The van der Waals surface area contributed by atoms with Crippen molar-refractivity contribution in [2.24, 2.45) is 5.10 Å². The van der Waals surface area contributed by atoms with Crippen molar-refractivity contribution in [3.63, 3.8) is 0 Å². The Balaban J connectivity index is 1.89. The van der Waals surface area contributed by atoms with Crippen LogP contribution in [0.5, 0.6) is 0 Å². The summed E-state index contributed by atoms with van der Waals surface area (Å²) in [5.41, 5.74) is 2.40. The lowest BCUT2D eigenvalue weighted by molar-refractivity contribution is -0.384. The van der Waals surface area contributed by atoms with Crippen LogP contribution < -0.4 is 10.1 Å². The minimum Gasteiger partial charge on any atom is -0.272 e. The maximum atomic E-state index is 12.7. The Morgan fingerprint density at radius 2 is 1.77 bits per heavy atom. The monoisotopic (exact) mass is 380 g/mol. The van der Waals surface area contributed by atoms with Gasteiger partial charge in [-0.05, 0) is 29.8 Å². The summed E-state index contributed by atoms with van der Waals surface area (Å²) in [4.78, 5) is 21.3. The third-order valence-corrected chi connectivity index (χ3v) is 4.47. The quantitative estimate of drug-likeness (QED) is 0.423. The molecule has 0 saturated carbocycles. The fourth-order valence-electron chi connectivity index (χ4n) is 1.76. The summed E-state index contributed by atoms with van der Waals surface area (Å²) in [6.07, 6.45) is 1.27. The lowest BCUT2D eigenvalue weighted by Gasteiger charge is -2.05. The van der Waals surface area contributed by atoms with Crippen LogP contribution in [0.1, 0.15) is 5.56 Å². The summed E-state index contributed by atoms with van der Waals surface area (Å²) in [7, 11) is -4.01. The number of hydrogen-bond donors (Lipinski definition) is 2. The van der Waals surface area contributed by atoms with Gasteiger partial charge in [-0.2, -0.15) is 5.10 Å². The number of carbonyl (C=O) groups is 1. The molecule has 0 aromatic heterocycles. The van der Waals surface area contributed by atoms with E-state index in [4.69, 9.17) is 0 Å². The lowest BCUT2D eigenvalue weighted by atomic mass is 10.2. The Morgan fingerprint density at radius 3 is 2.35 bits per heavy atom. The first-order valence-electron chi connectivity index (χ1n) is 7.09. The summed E-state index contributed by atoms with van der Waals surface area (Å²) in [5.74, 6) is -1.14. The highest BCUT2D eigenvalue weighted by atomic mass is 32.2. The number of rotatable bonds is 7. The van der Waals surface area contributed by atoms with Gasteiger partial charge in [-0.1, -0.05) is 12.1 Å². The van der Waals surface area contributed by atoms with Gasteiger partial charge in [0, 0.05) is 12.1 Å². The van der Waals surface area contributed by atoms with Crippen LogP contribution in [0, 0.1) is 15.9 Å². The smallest absolute Gasteiger partial charge is 0.269 e. The normalized spacial score (nSPS) is 11.4. The van der Waals surface area contributed by atoms with Crippen LogP contribution >= 0.6 is 0 Å². The van der Waals surface area contributed by atoms with Crippen molar-refractivity contribution < 1.29 is 22.5 Å². The number of benzene rings is 2. The molecule has 2 aromatic rings. The molecule has 0 unspecified atom stereocenters. The van der Waals surface area contributed by atoms with Gasteiger partial charge in [-0.3, -0.25) is 14.9 Å². The molecule has 0 heterocycles. The number of non-ortho nitro benzene ring substituents is 1. The molecule has 2 aromatic carbocycles. The third-order valence-electron chi connectivity index (χ3n) is 3.05. The molecule has 0 aliphatic carbocycles. The van der Waals surface area contributed by atoms with Gasteiger partial charge in [0.25, 0.3) is 11.6 Å². The van der Waals surface area contributed by atoms with Gasteiger partial charge < -0.3 is 0 Å². The summed E-state index contributed by atoms with van der Waals surface area (Å²) < 4.78 is 38.8. The van der Waals surface area contributed by atoms with Gasteiger partial charge in [0.05, 0.1) is 22.6 Å². The number of hydrazone groups is 1. The van der Waals surface area contributed by atoms with E-state index in [1.165, 1.54) is 30.5 Å². The second-order valence-corrected chi connectivity index (χ2v) is 6.69. The largest absolute Gasteiger partial charge is 0.272 e. The van der Waals surface area contributed by atoms with Gasteiger partial charge in [-0.25, -0.2) is 23.0 Å². The highest BCUT2D eigenvalue weighted by molar-refractivity contribution is 7.89. The average Bonchev–Trinajstić information content (AvgIpc) is 2.62. The molecule has 11 heteroatoms. The van der Waals surface area contributed by atoms with E-state index in [0.717, 1.165) is 24.3 Å². The number of nitrogens with one attached hydrogen (secondary N) is 2. The number of nitrogens with zero attached hydrogens (tertiary/aromatic N) is 2. The third kappa shape index (κ3) is 5.43. The SMILES string of the molecule is O=C(CNS(=O)(=O)c1ccc([N+](=O)[O-])cc1)NN=Cc1ccc(F)cc1. The van der Waals surface area contributed by atoms with Crippen molar-refractivity contribution in [1.82, 2.24) is 10.1 Å². The van der Waals surface area contributed by atoms with E-state index in [1.54, 1.807) is 0 Å². The highest BCUT2D eigenvalue weighted by Crippen LogP contribution is 2.15. The molecule has 0 saturated heterocycles. The molecule has 0 radical (unpaired) electrons. The molecular weight excluding hydrogens is 367 g/mol. The van der Waals surface area contributed by atoms with E-state index in [9.17, 15) is 27.7 Å². The molecule has 2 rings (SSSR count). The van der Waals surface area contributed by atoms with Crippen molar-refractivity contribution >= 4 is 27.8 Å². The van der Waals surface area contributed by atoms with Crippen LogP contribution in [-0.2, 0) is 14.8 Å². The molecule has 0 bridgehead atoms. The number of nitro benzene ring substituents is 1. The van der Waals surface area contributed by atoms with Gasteiger partial charge in [0.1, 0.15) is 5.82 Å². The zero-order valence-electron chi connectivity index (χ0n) is 13.1. The first-order valence-corrected chi connectivity index (χ1v) is 8.58. The number of carbonyl (C=O) groups excluding carboxylic acids is 1. The first kappa shape index (κ1) is 19.1. The maximum Gasteiger partial charge on any atom is 0.269 e. The fourth-order valence-corrected chi connectivity index (χ4v) is 2.74. The number of halogens is 1. The molecule has 0 atom stereocenters. The highest BCUT2D eigenvalue weighted by Gasteiger charge is 2.16. The van der Waals surface area contributed by atoms with Crippen LogP contribution in [-0.4, -0.2) is 32.0 Å². The van der Waals surface area contributed by atoms with Gasteiger partial charge in [-0.15, -0.1) is 0 Å². The van der Waals surface area contributed by atoms with Crippen molar-refractivity contribution in [1.29, 1.82) is 0 Å². The topological polar surface area (TPSA) is 131 Å². The molecule has 2 N–H and O–H groups in total. The van der Waals surface area contributed by atoms with E-state index < -0.39 is 33.2 Å². The van der Waals surface area contributed by atoms with Crippen molar-refractivity contribution in [3.8, 4) is 0 Å². The molecule has 1 amide bonds. The summed E-state index contributed by atoms with van der Waals surface area (Å²) in [5, 5.41) is 14.2. The zero-order chi connectivity index (χ0) is 19.2. The second-order valence-electron chi connectivity index (χ2n) is 4.92. The van der Waals surface area contributed by atoms with Crippen LogP contribution in [0.25, 0.3) is 0 Å². The van der Waals surface area contributed by atoms with Crippen molar-refractivity contribution in [3.05, 3.63) is 70.0 Å². The predicted molar refractivity (Wildman–Crippen MR) is 90.4 cm³/mol. The Kier molecular flexibility index (Phi) is 6.09. The van der Waals surface area contributed by atoms with Crippen LogP contribution in [0.2, 0.25) is 0 Å². The molecule has 0 aliphatic heterocycles. The van der Waals surface area contributed by atoms with E-state index in [2.05, 4.69) is 10.5 Å². The van der Waals surface area contributed by atoms with E-state index in [-0.39, 0.29) is 10.6 Å². The first-order chi connectivity index (χ1) is 12.3. The second kappa shape index (κ2) is 8.27. The summed E-state index contributed by atoms with van der Waals surface area (Å²) in [6, 6.07) is 9.55. The Bertz CT molecular complexity index is 928. The lowest BCUT2D eigenvalue weighted by Crippen LogP contribution is -2.34. The summed E-state index contributed by atoms with van der Waals surface area (Å²) >= 11 is 0. The Labute approximate surface area is 147 Å². The van der Waals surface area contributed by atoms with Crippen LogP contribution in [0.4, 0.5) is 10.1 Å². The summed E-state index contributed by atoms with van der Waals surface area (Å²) in [6.45, 7) is -0.583. The van der Waals surface area contributed by atoms with Gasteiger partial charge >= 0.3 is 0 Å². The molecule has 0 spiro atoms. The minimum absolute atomic E-state index is 0.217. The molecular formula is C15H13FN4O5S. The molecule has 26 heavy (non-hydrogen) atoms. The number of sulfonamides is 1. The maximum absolute atomic E-state index is 12.7. The Morgan fingerprint density at radius 1 is 1.15 bits per heavy atom. The average molecular weight is 380 g/mol. The fraction of sp³-hybridized carbons (Fsp3) is 0.0667. The van der Waals surface area contributed by atoms with Crippen molar-refractivity contribution in [2.45, 2.75) is 4.90 Å². The van der Waals surface area contributed by atoms with Crippen LogP contribution in [0.3, 0.4) is 0 Å². The van der Waals surface area contributed by atoms with E-state index >= 15 is 0 Å². The van der Waals surface area contributed by atoms with E-state index in [1.807, 2.05) is 4.72 Å². The molecule has 0 fully saturated rings. The number of nitro groups is 1. The van der Waals surface area contributed by atoms with Gasteiger partial charge in [0.2, 0.25) is 10.0 Å². The number of hydrogen-bond acceptors (Lipinski definition) is 6. The molecule has 0 aliphatic rings. The van der Waals surface area contributed by atoms with Gasteiger partial charge in [0.15, 0.2) is 0 Å². The molecule has 136 valence electrons. The standard InChI is InChI=1S/C15H13FN4O5S/c16-12-3-1-11(2-4-12)9-17-19-15(21)10-18-26(24,25)14-7-5-13(6-8-14)20(22)23/h1-9,18H,10H2,(H,19,21). The number of amides is 1. The van der Waals surface area contributed by atoms with Crippen LogP contribution in [0.15, 0.2) is 58.5 Å². The zero-order valence-corrected chi connectivity index (χ0v) is 13.9. The van der Waals surface area contributed by atoms with E-state index in [0.29, 0.717) is 5.56 Å². The predicted octanol–water partition coefficient (Wildman–Crippen LogP) is 1.16. The minimum atomic E-state index is -4.01. The van der Waals surface area contributed by atoms with Crippen molar-refractivity contribution in [2.75, 3.05) is 6.54 Å².